The number of carbonyl (C=O) groups is 1. The molecule has 0 unspecified atom stereocenters. The summed E-state index contributed by atoms with van der Waals surface area (Å²) in [6.07, 6.45) is 1.49. The average molecular weight is 418 g/mol. The zero-order valence-electron chi connectivity index (χ0n) is 16.0. The Morgan fingerprint density at radius 1 is 1.17 bits per heavy atom. The first kappa shape index (κ1) is 19.1. The van der Waals surface area contributed by atoms with Gasteiger partial charge in [0.15, 0.2) is 17.3 Å². The Bertz CT molecular complexity index is 1050. The molecule has 29 heavy (non-hydrogen) atoms. The lowest BCUT2D eigenvalue weighted by molar-refractivity contribution is 0.0714. The standard InChI is InChI=1S/C19H20ClN5O4/c1-27-15-12(20)10-11-14(16(15)28-2)22-19(23-17(11)21)25-7-5-24(6-8-25)18(26)13-4-3-9-29-13/h3-4,9-10H,5-8H2,1-2H3,(H2,21,22,23). The van der Waals surface area contributed by atoms with E-state index in [4.69, 9.17) is 31.2 Å². The number of carbonyl (C=O) groups excluding carboxylic acids is 1. The van der Waals surface area contributed by atoms with E-state index in [2.05, 4.69) is 9.97 Å². The van der Waals surface area contributed by atoms with Gasteiger partial charge in [0, 0.05) is 31.6 Å². The molecule has 1 fully saturated rings. The third-order valence-corrected chi connectivity index (χ3v) is 5.14. The minimum absolute atomic E-state index is 0.130. The van der Waals surface area contributed by atoms with Gasteiger partial charge in [-0.05, 0) is 18.2 Å². The summed E-state index contributed by atoms with van der Waals surface area (Å²) in [7, 11) is 3.03. The quantitative estimate of drug-likeness (QED) is 0.689. The van der Waals surface area contributed by atoms with Crippen LogP contribution in [0.15, 0.2) is 28.9 Å². The van der Waals surface area contributed by atoms with Crippen molar-refractivity contribution in [2.45, 2.75) is 0 Å². The molecule has 10 heteroatoms. The number of aromatic nitrogens is 2. The molecule has 152 valence electrons. The number of furan rings is 1. The van der Waals surface area contributed by atoms with Crippen molar-refractivity contribution in [2.24, 2.45) is 0 Å². The highest BCUT2D eigenvalue weighted by Crippen LogP contribution is 2.42. The summed E-state index contributed by atoms with van der Waals surface area (Å²) in [5.41, 5.74) is 6.70. The number of amides is 1. The molecule has 3 heterocycles. The highest BCUT2D eigenvalue weighted by Gasteiger charge is 2.26. The maximum atomic E-state index is 12.4. The molecule has 1 aliphatic rings. The van der Waals surface area contributed by atoms with E-state index in [1.165, 1.54) is 20.5 Å². The van der Waals surface area contributed by atoms with E-state index in [-0.39, 0.29) is 5.91 Å². The van der Waals surface area contributed by atoms with Crippen LogP contribution in [-0.2, 0) is 0 Å². The van der Waals surface area contributed by atoms with Crippen molar-refractivity contribution < 1.29 is 18.7 Å². The largest absolute Gasteiger partial charge is 0.491 e. The second-order valence-corrected chi connectivity index (χ2v) is 6.89. The van der Waals surface area contributed by atoms with E-state index in [0.29, 0.717) is 71.1 Å². The van der Waals surface area contributed by atoms with Crippen molar-refractivity contribution in [3.63, 3.8) is 0 Å². The SMILES string of the molecule is COc1c(Cl)cc2c(N)nc(N3CCN(C(=O)c4ccco4)CC3)nc2c1OC. The molecule has 0 radical (unpaired) electrons. The summed E-state index contributed by atoms with van der Waals surface area (Å²) < 4.78 is 16.0. The van der Waals surface area contributed by atoms with Gasteiger partial charge in [0.1, 0.15) is 11.3 Å². The van der Waals surface area contributed by atoms with Crippen molar-refractivity contribution in [1.29, 1.82) is 0 Å². The normalized spacial score (nSPS) is 14.3. The number of ether oxygens (including phenoxy) is 2. The van der Waals surface area contributed by atoms with E-state index in [9.17, 15) is 4.79 Å². The van der Waals surface area contributed by atoms with Gasteiger partial charge in [-0.15, -0.1) is 0 Å². The van der Waals surface area contributed by atoms with Crippen LogP contribution in [0.2, 0.25) is 5.02 Å². The second-order valence-electron chi connectivity index (χ2n) is 6.49. The Kier molecular flexibility index (Phi) is 5.06. The number of halogens is 1. The molecular formula is C19H20ClN5O4. The highest BCUT2D eigenvalue weighted by atomic mass is 35.5. The Hall–Kier alpha value is -3.20. The molecule has 4 rings (SSSR count). The fourth-order valence-electron chi connectivity index (χ4n) is 3.38. The average Bonchev–Trinajstić information content (AvgIpc) is 3.27. The van der Waals surface area contributed by atoms with Crippen molar-refractivity contribution in [3.05, 3.63) is 35.2 Å². The number of fused-ring (bicyclic) bond motifs is 1. The van der Waals surface area contributed by atoms with Gasteiger partial charge in [0.05, 0.1) is 25.5 Å². The predicted molar refractivity (Wildman–Crippen MR) is 109 cm³/mol. The molecule has 1 amide bonds. The number of hydrogen-bond acceptors (Lipinski definition) is 8. The van der Waals surface area contributed by atoms with Gasteiger partial charge in [0.25, 0.3) is 5.91 Å². The number of nitrogens with zero attached hydrogens (tertiary/aromatic N) is 4. The van der Waals surface area contributed by atoms with Gasteiger partial charge >= 0.3 is 0 Å². The topological polar surface area (TPSA) is 107 Å². The summed E-state index contributed by atoms with van der Waals surface area (Å²) in [5.74, 6) is 1.74. The monoisotopic (exact) mass is 417 g/mol. The van der Waals surface area contributed by atoms with Crippen LogP contribution >= 0.6 is 11.6 Å². The Morgan fingerprint density at radius 2 is 1.90 bits per heavy atom. The molecule has 0 spiro atoms. The molecule has 0 saturated carbocycles. The summed E-state index contributed by atoms with van der Waals surface area (Å²) in [6.45, 7) is 2.15. The van der Waals surface area contributed by atoms with E-state index in [1.807, 2.05) is 4.90 Å². The van der Waals surface area contributed by atoms with Crippen molar-refractivity contribution in [3.8, 4) is 11.5 Å². The van der Waals surface area contributed by atoms with Crippen LogP contribution in [0.1, 0.15) is 10.6 Å². The first-order valence-corrected chi connectivity index (χ1v) is 9.36. The number of nitrogens with two attached hydrogens (primary N) is 1. The second kappa shape index (κ2) is 7.67. The van der Waals surface area contributed by atoms with Crippen LogP contribution in [0.25, 0.3) is 10.9 Å². The molecule has 1 aliphatic heterocycles. The van der Waals surface area contributed by atoms with E-state index in [1.54, 1.807) is 23.1 Å². The molecule has 1 saturated heterocycles. The van der Waals surface area contributed by atoms with Gasteiger partial charge in [-0.2, -0.15) is 4.98 Å². The van der Waals surface area contributed by atoms with Crippen molar-refractivity contribution >= 4 is 40.2 Å². The first-order chi connectivity index (χ1) is 14.0. The number of benzene rings is 1. The summed E-state index contributed by atoms with van der Waals surface area (Å²) in [4.78, 5) is 25.2. The fraction of sp³-hybridized carbons (Fsp3) is 0.316. The Labute approximate surface area is 172 Å². The van der Waals surface area contributed by atoms with Gasteiger partial charge < -0.3 is 29.4 Å². The number of hydrogen-bond donors (Lipinski definition) is 1. The number of rotatable bonds is 4. The molecule has 2 aromatic heterocycles. The molecule has 0 aliphatic carbocycles. The van der Waals surface area contributed by atoms with Gasteiger partial charge in [-0.3, -0.25) is 4.79 Å². The molecule has 9 nitrogen and oxygen atoms in total. The lowest BCUT2D eigenvalue weighted by Crippen LogP contribution is -2.49. The minimum atomic E-state index is -0.130. The van der Waals surface area contributed by atoms with Gasteiger partial charge in [-0.1, -0.05) is 11.6 Å². The lowest BCUT2D eigenvalue weighted by Gasteiger charge is -2.34. The zero-order valence-corrected chi connectivity index (χ0v) is 16.8. The van der Waals surface area contributed by atoms with Crippen LogP contribution in [0.4, 0.5) is 11.8 Å². The number of nitrogen functional groups attached to an aromatic ring is 1. The van der Waals surface area contributed by atoms with Gasteiger partial charge in [-0.25, -0.2) is 4.98 Å². The van der Waals surface area contributed by atoms with Crippen LogP contribution in [0, 0.1) is 0 Å². The van der Waals surface area contributed by atoms with E-state index < -0.39 is 0 Å². The van der Waals surface area contributed by atoms with Crippen LogP contribution in [0.5, 0.6) is 11.5 Å². The van der Waals surface area contributed by atoms with Crippen LogP contribution in [0.3, 0.4) is 0 Å². The Morgan fingerprint density at radius 3 is 2.52 bits per heavy atom. The Balaban J connectivity index is 1.62. The maximum Gasteiger partial charge on any atom is 0.289 e. The first-order valence-electron chi connectivity index (χ1n) is 8.99. The molecule has 2 N–H and O–H groups in total. The fourth-order valence-corrected chi connectivity index (χ4v) is 3.66. The third-order valence-electron chi connectivity index (χ3n) is 4.86. The number of piperazine rings is 1. The van der Waals surface area contributed by atoms with Crippen molar-refractivity contribution in [2.75, 3.05) is 51.0 Å². The smallest absolute Gasteiger partial charge is 0.289 e. The minimum Gasteiger partial charge on any atom is -0.491 e. The zero-order chi connectivity index (χ0) is 20.5. The number of anilines is 2. The molecule has 0 atom stereocenters. The van der Waals surface area contributed by atoms with Crippen LogP contribution in [-0.4, -0.2) is 61.2 Å². The summed E-state index contributed by atoms with van der Waals surface area (Å²) >= 11 is 6.26. The predicted octanol–water partition coefficient (Wildman–Crippen LogP) is 2.44. The third kappa shape index (κ3) is 3.38. The maximum absolute atomic E-state index is 12.4. The summed E-state index contributed by atoms with van der Waals surface area (Å²) in [5, 5.41) is 0.952. The molecular weight excluding hydrogens is 398 g/mol. The summed E-state index contributed by atoms with van der Waals surface area (Å²) in [6, 6.07) is 5.02. The van der Waals surface area contributed by atoms with E-state index >= 15 is 0 Å². The lowest BCUT2D eigenvalue weighted by atomic mass is 10.2. The van der Waals surface area contributed by atoms with Gasteiger partial charge in [0.2, 0.25) is 5.95 Å². The van der Waals surface area contributed by atoms with E-state index in [0.717, 1.165) is 0 Å². The molecule has 3 aromatic rings. The van der Waals surface area contributed by atoms with Crippen molar-refractivity contribution in [1.82, 2.24) is 14.9 Å². The number of methoxy groups -OCH3 is 2. The van der Waals surface area contributed by atoms with Crippen LogP contribution < -0.4 is 20.1 Å². The molecule has 1 aromatic carbocycles. The molecule has 0 bridgehead atoms. The highest BCUT2D eigenvalue weighted by molar-refractivity contribution is 6.33.